The zero-order valence-electron chi connectivity index (χ0n) is 13.5. The van der Waals surface area contributed by atoms with Crippen molar-refractivity contribution in [3.05, 3.63) is 45.5 Å². The number of non-ortho nitro benzene ring substituents is 1. The second-order valence-electron chi connectivity index (χ2n) is 5.72. The molecule has 0 spiro atoms. The van der Waals surface area contributed by atoms with E-state index < -0.39 is 0 Å². The predicted octanol–water partition coefficient (Wildman–Crippen LogP) is 2.12. The number of nitro groups is 1. The minimum atomic E-state index is -0.374. The number of hydrogen-bond donors (Lipinski definition) is 0. The molecule has 0 radical (unpaired) electrons. The van der Waals surface area contributed by atoms with Crippen LogP contribution in [-0.4, -0.2) is 50.3 Å². The smallest absolute Gasteiger partial charge is 0.269 e. The Hall–Kier alpha value is -2.26. The maximum Gasteiger partial charge on any atom is 0.269 e. The minimum absolute atomic E-state index is 0.123. The number of benzene rings is 1. The maximum atomic E-state index is 10.7. The Morgan fingerprint density at radius 2 is 1.88 bits per heavy atom. The lowest BCUT2D eigenvalue weighted by molar-refractivity contribution is -0.384. The molecule has 1 aliphatic rings. The summed E-state index contributed by atoms with van der Waals surface area (Å²) in [6.07, 6.45) is 1.77. The minimum Gasteiger partial charge on any atom is -0.369 e. The molecule has 1 saturated heterocycles. The van der Waals surface area contributed by atoms with Crippen molar-refractivity contribution in [2.75, 3.05) is 31.1 Å². The lowest BCUT2D eigenvalue weighted by atomic mass is 10.2. The third kappa shape index (κ3) is 3.46. The molecule has 0 unspecified atom stereocenters. The number of aromatic nitrogens is 3. The number of rotatable bonds is 5. The van der Waals surface area contributed by atoms with E-state index in [-0.39, 0.29) is 10.6 Å². The van der Waals surface area contributed by atoms with Crippen molar-refractivity contribution >= 4 is 23.6 Å². The van der Waals surface area contributed by atoms with Crippen LogP contribution in [0.15, 0.2) is 30.6 Å². The molecule has 1 fully saturated rings. The summed E-state index contributed by atoms with van der Waals surface area (Å²) < 4.78 is 4.54. The molecule has 0 saturated carbocycles. The molecule has 9 heteroatoms. The van der Waals surface area contributed by atoms with E-state index in [2.05, 4.69) is 14.9 Å². The molecule has 1 aromatic carbocycles. The van der Waals surface area contributed by atoms with E-state index in [0.29, 0.717) is 6.67 Å². The molecule has 1 aliphatic heterocycles. The second kappa shape index (κ2) is 7.10. The van der Waals surface area contributed by atoms with Gasteiger partial charge in [-0.2, -0.15) is 5.10 Å². The number of nitro benzene ring substituents is 1. The summed E-state index contributed by atoms with van der Waals surface area (Å²) in [5, 5.41) is 15.1. The van der Waals surface area contributed by atoms with Gasteiger partial charge in [-0.05, 0) is 31.3 Å². The first kappa shape index (κ1) is 16.6. The lowest BCUT2D eigenvalue weighted by Crippen LogP contribution is -2.47. The fourth-order valence-electron chi connectivity index (χ4n) is 2.81. The highest BCUT2D eigenvalue weighted by molar-refractivity contribution is 7.71. The Morgan fingerprint density at radius 3 is 2.42 bits per heavy atom. The van der Waals surface area contributed by atoms with Crippen LogP contribution in [0.5, 0.6) is 0 Å². The van der Waals surface area contributed by atoms with Gasteiger partial charge in [-0.25, -0.2) is 4.68 Å². The molecule has 0 N–H and O–H groups in total. The van der Waals surface area contributed by atoms with Gasteiger partial charge < -0.3 is 9.47 Å². The number of anilines is 1. The van der Waals surface area contributed by atoms with E-state index in [9.17, 15) is 10.1 Å². The molecule has 0 amide bonds. The summed E-state index contributed by atoms with van der Waals surface area (Å²) in [6.45, 7) is 7.12. The van der Waals surface area contributed by atoms with Crippen molar-refractivity contribution in [2.24, 2.45) is 0 Å². The van der Waals surface area contributed by atoms with Crippen LogP contribution in [0.3, 0.4) is 0 Å². The molecule has 8 nitrogen and oxygen atoms in total. The first-order valence-electron chi connectivity index (χ1n) is 7.92. The molecule has 128 valence electrons. The van der Waals surface area contributed by atoms with Crippen molar-refractivity contribution in [1.82, 2.24) is 19.2 Å². The van der Waals surface area contributed by atoms with Gasteiger partial charge in [-0.3, -0.25) is 15.0 Å². The number of nitrogens with zero attached hydrogens (tertiary/aromatic N) is 6. The van der Waals surface area contributed by atoms with Crippen molar-refractivity contribution in [1.29, 1.82) is 0 Å². The van der Waals surface area contributed by atoms with Crippen LogP contribution in [0.1, 0.15) is 6.92 Å². The first-order chi connectivity index (χ1) is 11.6. The van der Waals surface area contributed by atoms with E-state index in [4.69, 9.17) is 12.2 Å². The van der Waals surface area contributed by atoms with Crippen molar-refractivity contribution < 1.29 is 4.92 Å². The lowest BCUT2D eigenvalue weighted by Gasteiger charge is -2.35. The Bertz CT molecular complexity index is 761. The molecule has 3 rings (SSSR count). The topological polar surface area (TPSA) is 72.4 Å². The molecule has 0 bridgehead atoms. The molecule has 2 heterocycles. The number of aryl methyl sites for hydroxylation is 1. The van der Waals surface area contributed by atoms with E-state index in [1.54, 1.807) is 18.5 Å². The average Bonchev–Trinajstić information content (AvgIpc) is 2.95. The number of hydrogen-bond acceptors (Lipinski definition) is 6. The van der Waals surface area contributed by atoms with Crippen LogP contribution < -0.4 is 4.90 Å². The Kier molecular flexibility index (Phi) is 4.91. The van der Waals surface area contributed by atoms with Gasteiger partial charge in [0, 0.05) is 50.5 Å². The average molecular weight is 348 g/mol. The van der Waals surface area contributed by atoms with Gasteiger partial charge in [-0.1, -0.05) is 0 Å². The standard InChI is InChI=1S/C15H20N6O2S/c1-2-18-11-16-20(15(18)24)12-17-7-9-19(10-8-17)13-3-5-14(6-4-13)21(22)23/h3-6,11H,2,7-10,12H2,1H3. The Labute approximate surface area is 145 Å². The van der Waals surface area contributed by atoms with Gasteiger partial charge in [-0.15, -0.1) is 0 Å². The highest BCUT2D eigenvalue weighted by atomic mass is 32.1. The van der Waals surface area contributed by atoms with Gasteiger partial charge in [0.2, 0.25) is 0 Å². The van der Waals surface area contributed by atoms with Gasteiger partial charge in [0.25, 0.3) is 5.69 Å². The third-order valence-electron chi connectivity index (χ3n) is 4.27. The fraction of sp³-hybridized carbons (Fsp3) is 0.467. The van der Waals surface area contributed by atoms with Crippen LogP contribution in [-0.2, 0) is 13.2 Å². The van der Waals surface area contributed by atoms with Crippen LogP contribution in [0.25, 0.3) is 0 Å². The molecule has 0 aliphatic carbocycles. The summed E-state index contributed by atoms with van der Waals surface area (Å²) in [7, 11) is 0. The van der Waals surface area contributed by atoms with Gasteiger partial charge in [0.1, 0.15) is 6.33 Å². The van der Waals surface area contributed by atoms with Crippen LogP contribution in [0.4, 0.5) is 11.4 Å². The third-order valence-corrected chi connectivity index (χ3v) is 4.71. The SMILES string of the molecule is CCn1cnn(CN2CCN(c3ccc([N+](=O)[O-])cc3)CC2)c1=S. The number of piperazine rings is 1. The second-order valence-corrected chi connectivity index (χ2v) is 6.08. The molecule has 1 aromatic heterocycles. The van der Waals surface area contributed by atoms with Crippen LogP contribution >= 0.6 is 12.2 Å². The van der Waals surface area contributed by atoms with Gasteiger partial charge in [0.05, 0.1) is 11.6 Å². The summed E-state index contributed by atoms with van der Waals surface area (Å²) >= 11 is 5.40. The van der Waals surface area contributed by atoms with E-state index in [1.807, 2.05) is 28.3 Å². The monoisotopic (exact) mass is 348 g/mol. The van der Waals surface area contributed by atoms with Crippen molar-refractivity contribution in [3.8, 4) is 0 Å². The highest BCUT2D eigenvalue weighted by Crippen LogP contribution is 2.20. The predicted molar refractivity (Wildman–Crippen MR) is 93.6 cm³/mol. The summed E-state index contributed by atoms with van der Waals surface area (Å²) in [5.41, 5.74) is 1.14. The Balaban J connectivity index is 1.58. The van der Waals surface area contributed by atoms with E-state index in [0.717, 1.165) is 43.2 Å². The molecular formula is C15H20N6O2S. The summed E-state index contributed by atoms with van der Waals surface area (Å²) in [5.74, 6) is 0. The first-order valence-corrected chi connectivity index (χ1v) is 8.33. The fourth-order valence-corrected chi connectivity index (χ4v) is 3.09. The molecule has 0 atom stereocenters. The Morgan fingerprint density at radius 1 is 1.21 bits per heavy atom. The quantitative estimate of drug-likeness (QED) is 0.468. The van der Waals surface area contributed by atoms with E-state index in [1.165, 1.54) is 0 Å². The summed E-state index contributed by atoms with van der Waals surface area (Å²) in [6, 6.07) is 6.73. The van der Waals surface area contributed by atoms with Crippen molar-refractivity contribution in [2.45, 2.75) is 20.1 Å². The largest absolute Gasteiger partial charge is 0.369 e. The molecule has 24 heavy (non-hydrogen) atoms. The summed E-state index contributed by atoms with van der Waals surface area (Å²) in [4.78, 5) is 14.9. The zero-order valence-corrected chi connectivity index (χ0v) is 14.4. The normalized spacial score (nSPS) is 15.6. The maximum absolute atomic E-state index is 10.7. The zero-order chi connectivity index (χ0) is 17.1. The molecule has 2 aromatic rings. The van der Waals surface area contributed by atoms with Crippen LogP contribution in [0, 0.1) is 14.9 Å². The van der Waals surface area contributed by atoms with Crippen molar-refractivity contribution in [3.63, 3.8) is 0 Å². The van der Waals surface area contributed by atoms with Gasteiger partial charge in [0.15, 0.2) is 4.77 Å². The van der Waals surface area contributed by atoms with Crippen LogP contribution in [0.2, 0.25) is 0 Å². The highest BCUT2D eigenvalue weighted by Gasteiger charge is 2.18. The molecular weight excluding hydrogens is 328 g/mol. The van der Waals surface area contributed by atoms with E-state index >= 15 is 0 Å². The van der Waals surface area contributed by atoms with Gasteiger partial charge >= 0.3 is 0 Å².